The van der Waals surface area contributed by atoms with E-state index in [0.29, 0.717) is 18.7 Å². The average Bonchev–Trinajstić information content (AvgIpc) is 2.63. The van der Waals surface area contributed by atoms with Crippen LogP contribution in [0.15, 0.2) is 48.5 Å². The van der Waals surface area contributed by atoms with Crippen LogP contribution in [0.2, 0.25) is 0 Å². The Morgan fingerprint density at radius 3 is 2.19 bits per heavy atom. The van der Waals surface area contributed by atoms with Gasteiger partial charge in [0.25, 0.3) is 5.91 Å². The maximum atomic E-state index is 13.0. The number of hydrogen-bond acceptors (Lipinski definition) is 3. The number of benzene rings is 2. The number of carbonyl (C=O) groups excluding carboxylic acids is 1. The molecule has 26 heavy (non-hydrogen) atoms. The zero-order valence-electron chi connectivity index (χ0n) is 16.0. The Labute approximate surface area is 156 Å². The summed E-state index contributed by atoms with van der Waals surface area (Å²) in [5.41, 5.74) is 2.59. The lowest BCUT2D eigenvalue weighted by molar-refractivity contribution is 0.0987. The minimum Gasteiger partial charge on any atom is -0.494 e. The van der Waals surface area contributed by atoms with E-state index in [4.69, 9.17) is 10.00 Å². The van der Waals surface area contributed by atoms with Crippen molar-refractivity contribution in [3.8, 4) is 11.8 Å². The molecule has 0 aliphatic carbocycles. The third-order valence-corrected chi connectivity index (χ3v) is 4.15. The van der Waals surface area contributed by atoms with Crippen molar-refractivity contribution in [2.75, 3.05) is 18.1 Å². The van der Waals surface area contributed by atoms with Crippen LogP contribution in [0, 0.1) is 11.3 Å². The Kier molecular flexibility index (Phi) is 6.41. The highest BCUT2D eigenvalue weighted by molar-refractivity contribution is 6.06. The van der Waals surface area contributed by atoms with Gasteiger partial charge in [0.2, 0.25) is 0 Å². The van der Waals surface area contributed by atoms with E-state index >= 15 is 0 Å². The molecule has 2 aromatic carbocycles. The first-order chi connectivity index (χ1) is 12.4. The van der Waals surface area contributed by atoms with Crippen molar-refractivity contribution in [1.29, 1.82) is 5.26 Å². The summed E-state index contributed by atoms with van der Waals surface area (Å²) < 4.78 is 5.46. The third-order valence-electron chi connectivity index (χ3n) is 4.15. The fourth-order valence-corrected chi connectivity index (χ4v) is 2.67. The summed E-state index contributed by atoms with van der Waals surface area (Å²) in [4.78, 5) is 14.7. The Balaban J connectivity index is 2.28. The average molecular weight is 350 g/mol. The molecule has 0 radical (unpaired) electrons. The van der Waals surface area contributed by atoms with Crippen LogP contribution < -0.4 is 9.64 Å². The van der Waals surface area contributed by atoms with Gasteiger partial charge in [0.1, 0.15) is 5.75 Å². The summed E-state index contributed by atoms with van der Waals surface area (Å²) in [5.74, 6) is 0.656. The number of ether oxygens (including phenoxy) is 1. The van der Waals surface area contributed by atoms with Crippen molar-refractivity contribution in [2.45, 2.75) is 39.5 Å². The molecule has 0 atom stereocenters. The zero-order chi connectivity index (χ0) is 19.2. The Bertz CT molecular complexity index is 766. The molecular weight excluding hydrogens is 324 g/mol. The Hall–Kier alpha value is -2.80. The molecule has 0 bridgehead atoms. The molecular formula is C22H26N2O2. The van der Waals surface area contributed by atoms with Crippen molar-refractivity contribution in [1.82, 2.24) is 0 Å². The second-order valence-electron chi connectivity index (χ2n) is 7.12. The molecule has 0 saturated heterocycles. The summed E-state index contributed by atoms with van der Waals surface area (Å²) in [6.07, 6.45) is 0.277. The van der Waals surface area contributed by atoms with Gasteiger partial charge in [-0.2, -0.15) is 5.26 Å². The molecule has 0 N–H and O–H groups in total. The van der Waals surface area contributed by atoms with Gasteiger partial charge >= 0.3 is 0 Å². The topological polar surface area (TPSA) is 53.3 Å². The summed E-state index contributed by atoms with van der Waals surface area (Å²) in [6, 6.07) is 17.2. The second-order valence-corrected chi connectivity index (χ2v) is 7.12. The highest BCUT2D eigenvalue weighted by atomic mass is 16.5. The maximum Gasteiger partial charge on any atom is 0.258 e. The minimum absolute atomic E-state index is 0.0389. The molecule has 0 aliphatic rings. The first kappa shape index (κ1) is 19.5. The van der Waals surface area contributed by atoms with E-state index in [1.54, 1.807) is 4.90 Å². The van der Waals surface area contributed by atoms with Crippen LogP contribution in [0.1, 0.15) is 50.0 Å². The van der Waals surface area contributed by atoms with E-state index in [1.807, 2.05) is 55.5 Å². The van der Waals surface area contributed by atoms with Gasteiger partial charge in [-0.05, 0) is 54.3 Å². The lowest BCUT2D eigenvalue weighted by atomic mass is 9.86. The van der Waals surface area contributed by atoms with E-state index in [2.05, 4.69) is 26.8 Å². The lowest BCUT2D eigenvalue weighted by Gasteiger charge is -2.23. The highest BCUT2D eigenvalue weighted by Gasteiger charge is 2.19. The van der Waals surface area contributed by atoms with E-state index in [-0.39, 0.29) is 17.7 Å². The Morgan fingerprint density at radius 2 is 1.69 bits per heavy atom. The zero-order valence-corrected chi connectivity index (χ0v) is 16.0. The smallest absolute Gasteiger partial charge is 0.258 e. The van der Waals surface area contributed by atoms with Gasteiger partial charge in [0.05, 0.1) is 19.1 Å². The molecule has 0 heterocycles. The largest absolute Gasteiger partial charge is 0.494 e. The summed E-state index contributed by atoms with van der Waals surface area (Å²) in [6.45, 7) is 9.30. The van der Waals surface area contributed by atoms with Gasteiger partial charge in [0.15, 0.2) is 0 Å². The van der Waals surface area contributed by atoms with Gasteiger partial charge in [-0.25, -0.2) is 0 Å². The lowest BCUT2D eigenvalue weighted by Crippen LogP contribution is -2.31. The third kappa shape index (κ3) is 4.86. The fourth-order valence-electron chi connectivity index (χ4n) is 2.67. The molecule has 0 fully saturated rings. The van der Waals surface area contributed by atoms with Crippen LogP contribution in [0.5, 0.6) is 5.75 Å². The standard InChI is InChI=1S/C22H26N2O2/c1-5-26-20-13-11-19(12-14-20)24(16-6-15-23)21(25)17-7-9-18(10-8-17)22(2,3)4/h7-14H,5-6,16H2,1-4H3. The molecule has 0 saturated carbocycles. The van der Waals surface area contributed by atoms with Crippen LogP contribution in [0.4, 0.5) is 5.69 Å². The monoisotopic (exact) mass is 350 g/mol. The molecule has 4 heteroatoms. The molecule has 136 valence electrons. The van der Waals surface area contributed by atoms with Crippen molar-refractivity contribution < 1.29 is 9.53 Å². The highest BCUT2D eigenvalue weighted by Crippen LogP contribution is 2.25. The van der Waals surface area contributed by atoms with Gasteiger partial charge in [-0.3, -0.25) is 4.79 Å². The molecule has 2 aromatic rings. The van der Waals surface area contributed by atoms with E-state index in [9.17, 15) is 4.79 Å². The number of hydrogen-bond donors (Lipinski definition) is 0. The van der Waals surface area contributed by atoms with Crippen molar-refractivity contribution in [2.24, 2.45) is 0 Å². The minimum atomic E-state index is -0.107. The molecule has 0 aliphatic heterocycles. The van der Waals surface area contributed by atoms with Crippen LogP contribution in [0.3, 0.4) is 0 Å². The van der Waals surface area contributed by atoms with Crippen LogP contribution in [-0.2, 0) is 5.41 Å². The quantitative estimate of drug-likeness (QED) is 0.741. The summed E-state index contributed by atoms with van der Waals surface area (Å²) >= 11 is 0. The van der Waals surface area contributed by atoms with Gasteiger partial charge < -0.3 is 9.64 Å². The molecule has 0 spiro atoms. The summed E-state index contributed by atoms with van der Waals surface area (Å²) in [5, 5.41) is 8.95. The molecule has 4 nitrogen and oxygen atoms in total. The fraction of sp³-hybridized carbons (Fsp3) is 0.364. The van der Waals surface area contributed by atoms with Crippen LogP contribution in [0.25, 0.3) is 0 Å². The SMILES string of the molecule is CCOc1ccc(N(CCC#N)C(=O)c2ccc(C(C)(C)C)cc2)cc1. The Morgan fingerprint density at radius 1 is 1.08 bits per heavy atom. The van der Waals surface area contributed by atoms with Crippen LogP contribution >= 0.6 is 0 Å². The number of carbonyl (C=O) groups is 1. The first-order valence-electron chi connectivity index (χ1n) is 8.89. The van der Waals surface area contributed by atoms with Gasteiger partial charge in [-0.1, -0.05) is 32.9 Å². The van der Waals surface area contributed by atoms with Gasteiger partial charge in [0, 0.05) is 17.8 Å². The van der Waals surface area contributed by atoms with E-state index in [1.165, 1.54) is 5.56 Å². The van der Waals surface area contributed by atoms with E-state index < -0.39 is 0 Å². The first-order valence-corrected chi connectivity index (χ1v) is 8.89. The molecule has 0 aromatic heterocycles. The normalized spacial score (nSPS) is 10.9. The van der Waals surface area contributed by atoms with Crippen LogP contribution in [-0.4, -0.2) is 19.1 Å². The van der Waals surface area contributed by atoms with Crippen molar-refractivity contribution in [3.63, 3.8) is 0 Å². The number of nitrogens with zero attached hydrogens (tertiary/aromatic N) is 2. The second kappa shape index (κ2) is 8.53. The maximum absolute atomic E-state index is 13.0. The number of rotatable bonds is 6. The number of nitriles is 1. The number of anilines is 1. The number of amides is 1. The molecule has 1 amide bonds. The molecule has 2 rings (SSSR count). The predicted molar refractivity (Wildman–Crippen MR) is 105 cm³/mol. The predicted octanol–water partition coefficient (Wildman–Crippen LogP) is 4.94. The van der Waals surface area contributed by atoms with Crippen molar-refractivity contribution in [3.05, 3.63) is 59.7 Å². The van der Waals surface area contributed by atoms with Crippen molar-refractivity contribution >= 4 is 11.6 Å². The summed E-state index contributed by atoms with van der Waals surface area (Å²) in [7, 11) is 0. The van der Waals surface area contributed by atoms with E-state index in [0.717, 1.165) is 11.4 Å². The molecule has 0 unspecified atom stereocenters. The van der Waals surface area contributed by atoms with Gasteiger partial charge in [-0.15, -0.1) is 0 Å².